The molecule has 0 bridgehead atoms. The van der Waals surface area contributed by atoms with Gasteiger partial charge in [0, 0.05) is 11.1 Å². The van der Waals surface area contributed by atoms with Gasteiger partial charge in [0.05, 0.1) is 0 Å². The molecule has 0 unspecified atom stereocenters. The van der Waals surface area contributed by atoms with Gasteiger partial charge in [-0.25, -0.2) is 4.39 Å². The molecule has 0 saturated heterocycles. The van der Waals surface area contributed by atoms with Crippen molar-refractivity contribution in [2.75, 3.05) is 0 Å². The summed E-state index contributed by atoms with van der Waals surface area (Å²) < 4.78 is 13.4. The Balaban J connectivity index is 2.04. The standard InChI is InChI=1S/C17H17FN2O2/c1-10-4-7-14(12(3)8-10)17(22)20-19-16(21)13-6-5-11(2)15(18)9-13/h4-9H,1-3H3,(H,19,21)(H,20,22). The summed E-state index contributed by atoms with van der Waals surface area (Å²) in [6.45, 7) is 5.36. The molecule has 2 amide bonds. The van der Waals surface area contributed by atoms with Crippen molar-refractivity contribution >= 4 is 11.8 Å². The van der Waals surface area contributed by atoms with Crippen molar-refractivity contribution in [2.45, 2.75) is 20.8 Å². The average molecular weight is 300 g/mol. The molecular weight excluding hydrogens is 283 g/mol. The molecule has 0 heterocycles. The van der Waals surface area contributed by atoms with Gasteiger partial charge in [-0.1, -0.05) is 23.8 Å². The number of benzene rings is 2. The van der Waals surface area contributed by atoms with Crippen LogP contribution >= 0.6 is 0 Å². The van der Waals surface area contributed by atoms with E-state index in [1.54, 1.807) is 13.0 Å². The van der Waals surface area contributed by atoms with E-state index in [-0.39, 0.29) is 5.56 Å². The van der Waals surface area contributed by atoms with Gasteiger partial charge < -0.3 is 0 Å². The summed E-state index contributed by atoms with van der Waals surface area (Å²) in [5.41, 5.74) is 7.54. The molecule has 4 nitrogen and oxygen atoms in total. The number of aryl methyl sites for hydroxylation is 3. The van der Waals surface area contributed by atoms with E-state index in [0.717, 1.165) is 17.2 Å². The van der Waals surface area contributed by atoms with Crippen LogP contribution < -0.4 is 10.9 Å². The van der Waals surface area contributed by atoms with Gasteiger partial charge in [-0.2, -0.15) is 0 Å². The number of hydrogen-bond donors (Lipinski definition) is 2. The lowest BCUT2D eigenvalue weighted by molar-refractivity contribution is 0.0846. The van der Waals surface area contributed by atoms with Gasteiger partial charge in [-0.3, -0.25) is 20.4 Å². The Bertz CT molecular complexity index is 741. The second-order valence-corrected chi connectivity index (χ2v) is 5.19. The summed E-state index contributed by atoms with van der Waals surface area (Å²) in [6, 6.07) is 9.53. The number of hydrazine groups is 1. The van der Waals surface area contributed by atoms with Gasteiger partial charge in [0.25, 0.3) is 11.8 Å². The summed E-state index contributed by atoms with van der Waals surface area (Å²) in [5, 5.41) is 0. The van der Waals surface area contributed by atoms with E-state index in [4.69, 9.17) is 0 Å². The molecule has 0 spiro atoms. The van der Waals surface area contributed by atoms with Crippen LogP contribution in [-0.4, -0.2) is 11.8 Å². The van der Waals surface area contributed by atoms with Crippen LogP contribution in [0.4, 0.5) is 4.39 Å². The van der Waals surface area contributed by atoms with Crippen molar-refractivity contribution in [2.24, 2.45) is 0 Å². The molecule has 0 radical (unpaired) electrons. The Morgan fingerprint density at radius 1 is 0.864 bits per heavy atom. The van der Waals surface area contributed by atoms with E-state index >= 15 is 0 Å². The molecule has 2 N–H and O–H groups in total. The molecule has 2 aromatic carbocycles. The van der Waals surface area contributed by atoms with E-state index in [9.17, 15) is 14.0 Å². The van der Waals surface area contributed by atoms with Crippen LogP contribution in [0.25, 0.3) is 0 Å². The van der Waals surface area contributed by atoms with Crippen LogP contribution in [0, 0.1) is 26.6 Å². The van der Waals surface area contributed by atoms with Gasteiger partial charge in [-0.15, -0.1) is 0 Å². The summed E-state index contributed by atoms with van der Waals surface area (Å²) in [6.07, 6.45) is 0. The first-order valence-corrected chi connectivity index (χ1v) is 6.82. The summed E-state index contributed by atoms with van der Waals surface area (Å²) in [7, 11) is 0. The predicted molar refractivity (Wildman–Crippen MR) is 82.0 cm³/mol. The predicted octanol–water partition coefficient (Wildman–Crippen LogP) is 2.83. The van der Waals surface area contributed by atoms with Gasteiger partial charge in [0.1, 0.15) is 5.82 Å². The Morgan fingerprint density at radius 2 is 1.55 bits per heavy atom. The number of carbonyl (C=O) groups excluding carboxylic acids is 2. The van der Waals surface area contributed by atoms with E-state index in [1.807, 2.05) is 26.0 Å². The van der Waals surface area contributed by atoms with E-state index in [0.29, 0.717) is 11.1 Å². The minimum Gasteiger partial charge on any atom is -0.267 e. The molecule has 0 fully saturated rings. The topological polar surface area (TPSA) is 58.2 Å². The minimum atomic E-state index is -0.572. The number of rotatable bonds is 2. The lowest BCUT2D eigenvalue weighted by Crippen LogP contribution is -2.41. The summed E-state index contributed by atoms with van der Waals surface area (Å²) >= 11 is 0. The fourth-order valence-corrected chi connectivity index (χ4v) is 2.06. The second-order valence-electron chi connectivity index (χ2n) is 5.19. The monoisotopic (exact) mass is 300 g/mol. The highest BCUT2D eigenvalue weighted by Crippen LogP contribution is 2.11. The Labute approximate surface area is 128 Å². The third-order valence-corrected chi connectivity index (χ3v) is 3.35. The van der Waals surface area contributed by atoms with Crippen LogP contribution in [0.5, 0.6) is 0 Å². The number of halogens is 1. The van der Waals surface area contributed by atoms with Crippen LogP contribution in [0.1, 0.15) is 37.4 Å². The molecular formula is C17H17FN2O2. The maximum Gasteiger partial charge on any atom is 0.269 e. The zero-order valence-corrected chi connectivity index (χ0v) is 12.7. The molecule has 114 valence electrons. The molecule has 0 aliphatic heterocycles. The Morgan fingerprint density at radius 3 is 2.18 bits per heavy atom. The molecule has 0 aliphatic rings. The van der Waals surface area contributed by atoms with Gasteiger partial charge in [0.2, 0.25) is 0 Å². The number of nitrogens with one attached hydrogen (secondary N) is 2. The first-order valence-electron chi connectivity index (χ1n) is 6.82. The molecule has 0 aliphatic carbocycles. The molecule has 22 heavy (non-hydrogen) atoms. The molecule has 0 saturated carbocycles. The van der Waals surface area contributed by atoms with Crippen LogP contribution in [0.3, 0.4) is 0 Å². The highest BCUT2D eigenvalue weighted by Gasteiger charge is 2.12. The Hall–Kier alpha value is -2.69. The fourth-order valence-electron chi connectivity index (χ4n) is 2.06. The lowest BCUT2D eigenvalue weighted by Gasteiger charge is -2.10. The molecule has 0 atom stereocenters. The van der Waals surface area contributed by atoms with E-state index < -0.39 is 17.6 Å². The molecule has 2 rings (SSSR count). The number of hydrogen-bond acceptors (Lipinski definition) is 2. The number of carbonyl (C=O) groups is 2. The van der Waals surface area contributed by atoms with Crippen molar-refractivity contribution in [1.29, 1.82) is 0 Å². The smallest absolute Gasteiger partial charge is 0.267 e. The third-order valence-electron chi connectivity index (χ3n) is 3.35. The minimum absolute atomic E-state index is 0.143. The van der Waals surface area contributed by atoms with Crippen molar-refractivity contribution in [1.82, 2.24) is 10.9 Å². The molecule has 0 aromatic heterocycles. The molecule has 5 heteroatoms. The van der Waals surface area contributed by atoms with Gasteiger partial charge in [-0.05, 0) is 50.1 Å². The Kier molecular flexibility index (Phi) is 4.56. The molecule has 2 aromatic rings. The number of amides is 2. The summed E-state index contributed by atoms with van der Waals surface area (Å²) in [5.74, 6) is -1.45. The largest absolute Gasteiger partial charge is 0.269 e. The average Bonchev–Trinajstić information content (AvgIpc) is 2.47. The van der Waals surface area contributed by atoms with Crippen molar-refractivity contribution < 1.29 is 14.0 Å². The van der Waals surface area contributed by atoms with E-state index in [1.165, 1.54) is 12.1 Å². The van der Waals surface area contributed by atoms with Crippen LogP contribution in [0.2, 0.25) is 0 Å². The van der Waals surface area contributed by atoms with Crippen molar-refractivity contribution in [3.8, 4) is 0 Å². The summed E-state index contributed by atoms with van der Waals surface area (Å²) in [4.78, 5) is 23.9. The second kappa shape index (κ2) is 6.39. The van der Waals surface area contributed by atoms with Gasteiger partial charge >= 0.3 is 0 Å². The lowest BCUT2D eigenvalue weighted by atomic mass is 10.1. The van der Waals surface area contributed by atoms with Gasteiger partial charge in [0.15, 0.2) is 0 Å². The fraction of sp³-hybridized carbons (Fsp3) is 0.176. The zero-order chi connectivity index (χ0) is 16.3. The first kappa shape index (κ1) is 15.7. The maximum absolute atomic E-state index is 13.4. The highest BCUT2D eigenvalue weighted by atomic mass is 19.1. The maximum atomic E-state index is 13.4. The van der Waals surface area contributed by atoms with Crippen molar-refractivity contribution in [3.05, 3.63) is 70.0 Å². The van der Waals surface area contributed by atoms with Crippen LogP contribution in [-0.2, 0) is 0 Å². The van der Waals surface area contributed by atoms with E-state index in [2.05, 4.69) is 10.9 Å². The van der Waals surface area contributed by atoms with Crippen LogP contribution in [0.15, 0.2) is 36.4 Å². The first-order chi connectivity index (χ1) is 10.4. The zero-order valence-electron chi connectivity index (χ0n) is 12.7. The third kappa shape index (κ3) is 3.49. The normalized spacial score (nSPS) is 10.2. The quantitative estimate of drug-likeness (QED) is 0.838. The highest BCUT2D eigenvalue weighted by molar-refractivity contribution is 5.99. The van der Waals surface area contributed by atoms with Crippen molar-refractivity contribution in [3.63, 3.8) is 0 Å². The SMILES string of the molecule is Cc1ccc(C(=O)NNC(=O)c2ccc(C)c(F)c2)c(C)c1.